The zero-order valence-corrected chi connectivity index (χ0v) is 26.7. The molecule has 0 bridgehead atoms. The van der Waals surface area contributed by atoms with Crippen LogP contribution in [-0.2, 0) is 0 Å². The van der Waals surface area contributed by atoms with Crippen LogP contribution >= 0.6 is 0 Å². The summed E-state index contributed by atoms with van der Waals surface area (Å²) in [5.41, 5.74) is 0. The van der Waals surface area contributed by atoms with Crippen LogP contribution < -0.4 is 0 Å². The van der Waals surface area contributed by atoms with E-state index in [9.17, 15) is 0 Å². The first-order valence-electron chi connectivity index (χ1n) is 17.8. The van der Waals surface area contributed by atoms with Crippen LogP contribution in [0.25, 0.3) is 0 Å². The van der Waals surface area contributed by atoms with Gasteiger partial charge in [-0.05, 0) is 24.7 Å². The van der Waals surface area contributed by atoms with Crippen LogP contribution in [-0.4, -0.2) is 0 Å². The Labute approximate surface area is 237 Å². The van der Waals surface area contributed by atoms with Gasteiger partial charge in [0.2, 0.25) is 0 Å². The van der Waals surface area contributed by atoms with Gasteiger partial charge in [0.1, 0.15) is 0 Å². The summed E-state index contributed by atoms with van der Waals surface area (Å²) < 4.78 is 0. The fourth-order valence-corrected chi connectivity index (χ4v) is 5.99. The zero-order valence-electron chi connectivity index (χ0n) is 26.7. The van der Waals surface area contributed by atoms with Crippen molar-refractivity contribution in [2.24, 2.45) is 11.8 Å². The summed E-state index contributed by atoms with van der Waals surface area (Å²) in [6, 6.07) is 0. The van der Waals surface area contributed by atoms with Crippen LogP contribution in [0.1, 0.15) is 213 Å². The van der Waals surface area contributed by atoms with Crippen LogP contribution in [0.3, 0.4) is 0 Å². The molecule has 0 aliphatic carbocycles. The summed E-state index contributed by atoms with van der Waals surface area (Å²) in [5, 5.41) is 0. The Morgan fingerprint density at radius 3 is 0.973 bits per heavy atom. The van der Waals surface area contributed by atoms with Gasteiger partial charge in [-0.2, -0.15) is 0 Å². The third-order valence-corrected chi connectivity index (χ3v) is 8.80. The van der Waals surface area contributed by atoms with E-state index in [1.807, 2.05) is 0 Å². The van der Waals surface area contributed by atoms with E-state index in [0.29, 0.717) is 0 Å². The molecule has 0 heteroatoms. The molecule has 222 valence electrons. The average molecular weight is 519 g/mol. The van der Waals surface area contributed by atoms with Gasteiger partial charge >= 0.3 is 0 Å². The molecule has 0 heterocycles. The largest absolute Gasteiger partial charge is 0.103 e. The van der Waals surface area contributed by atoms with Crippen LogP contribution in [0.5, 0.6) is 0 Å². The van der Waals surface area contributed by atoms with Crippen molar-refractivity contribution in [1.29, 1.82) is 0 Å². The average Bonchev–Trinajstić information content (AvgIpc) is 2.89. The van der Waals surface area contributed by atoms with E-state index in [2.05, 4.69) is 33.4 Å². The minimum absolute atomic E-state index is 0.946. The molecule has 37 heavy (non-hydrogen) atoms. The minimum atomic E-state index is 0.946. The van der Waals surface area contributed by atoms with Crippen LogP contribution in [0, 0.1) is 11.8 Å². The molecular weight excluding hydrogens is 444 g/mol. The first kappa shape index (κ1) is 36.7. The standard InChI is InChI=1S/C37H74/c1-5-7-9-11-13-15-17-18-19-20-21-22-24-26-28-30-33-37(4)35-31-34-36(3)32-29-27-25-23-16-14-12-10-8-6-2/h6,36-37H,2,5,7-35H2,1,3-4H3. The van der Waals surface area contributed by atoms with Crippen molar-refractivity contribution >= 4 is 0 Å². The molecule has 0 aliphatic heterocycles. The first-order chi connectivity index (χ1) is 18.2. The highest BCUT2D eigenvalue weighted by molar-refractivity contribution is 4.65. The molecule has 2 unspecified atom stereocenters. The molecule has 0 amide bonds. The highest BCUT2D eigenvalue weighted by Crippen LogP contribution is 2.22. The lowest BCUT2D eigenvalue weighted by molar-refractivity contribution is 0.390. The molecule has 0 radical (unpaired) electrons. The van der Waals surface area contributed by atoms with Gasteiger partial charge in [0.15, 0.2) is 0 Å². The van der Waals surface area contributed by atoms with E-state index in [1.54, 1.807) is 0 Å². The molecule has 0 aromatic rings. The van der Waals surface area contributed by atoms with E-state index in [0.717, 1.165) is 11.8 Å². The number of unbranched alkanes of at least 4 members (excludes halogenated alkanes) is 23. The molecule has 0 aliphatic rings. The molecule has 0 aromatic carbocycles. The molecule has 0 spiro atoms. The summed E-state index contributed by atoms with van der Waals surface area (Å²) in [5.74, 6) is 1.90. The van der Waals surface area contributed by atoms with E-state index >= 15 is 0 Å². The van der Waals surface area contributed by atoms with Gasteiger partial charge in [0.25, 0.3) is 0 Å². The fourth-order valence-electron chi connectivity index (χ4n) is 5.99. The molecular formula is C37H74. The quantitative estimate of drug-likeness (QED) is 0.0613. The van der Waals surface area contributed by atoms with Crippen LogP contribution in [0.4, 0.5) is 0 Å². The molecule has 0 saturated carbocycles. The van der Waals surface area contributed by atoms with Crippen LogP contribution in [0.15, 0.2) is 12.7 Å². The summed E-state index contributed by atoms with van der Waals surface area (Å²) in [6.45, 7) is 11.1. The monoisotopic (exact) mass is 519 g/mol. The Kier molecular flexibility index (Phi) is 31.7. The topological polar surface area (TPSA) is 0 Å². The fraction of sp³-hybridized carbons (Fsp3) is 0.946. The van der Waals surface area contributed by atoms with E-state index in [-0.39, 0.29) is 0 Å². The second kappa shape index (κ2) is 32.0. The maximum atomic E-state index is 3.81. The predicted octanol–water partition coefficient (Wildman–Crippen LogP) is 14.2. The summed E-state index contributed by atoms with van der Waals surface area (Å²) >= 11 is 0. The lowest BCUT2D eigenvalue weighted by Gasteiger charge is -2.14. The Morgan fingerprint density at radius 2 is 0.649 bits per heavy atom. The Bertz CT molecular complexity index is 410. The number of allylic oxidation sites excluding steroid dienone is 1. The first-order valence-corrected chi connectivity index (χ1v) is 17.8. The minimum Gasteiger partial charge on any atom is -0.103 e. The van der Waals surface area contributed by atoms with Gasteiger partial charge < -0.3 is 0 Å². The third kappa shape index (κ3) is 31.9. The highest BCUT2D eigenvalue weighted by Gasteiger charge is 2.06. The number of hydrogen-bond acceptors (Lipinski definition) is 0. The van der Waals surface area contributed by atoms with Gasteiger partial charge in [-0.3, -0.25) is 0 Å². The van der Waals surface area contributed by atoms with Gasteiger partial charge in [-0.15, -0.1) is 6.58 Å². The molecule has 0 fully saturated rings. The summed E-state index contributed by atoms with van der Waals surface area (Å²) in [4.78, 5) is 0. The van der Waals surface area contributed by atoms with Gasteiger partial charge in [0, 0.05) is 0 Å². The number of hydrogen-bond donors (Lipinski definition) is 0. The summed E-state index contributed by atoms with van der Waals surface area (Å²) in [6.07, 6.45) is 45.6. The van der Waals surface area contributed by atoms with E-state index in [1.165, 1.54) is 193 Å². The SMILES string of the molecule is C=CCCCCCCCCCCC(C)CCCC(C)CCCCCCCCCCCCCCCCCC. The maximum absolute atomic E-state index is 3.81. The highest BCUT2D eigenvalue weighted by atomic mass is 14.1. The Morgan fingerprint density at radius 1 is 0.378 bits per heavy atom. The molecule has 0 nitrogen and oxygen atoms in total. The zero-order chi connectivity index (χ0) is 27.1. The van der Waals surface area contributed by atoms with Crippen molar-refractivity contribution in [2.45, 2.75) is 213 Å². The normalized spacial score (nSPS) is 13.2. The lowest BCUT2D eigenvalue weighted by atomic mass is 9.92. The molecule has 0 aromatic heterocycles. The molecule has 2 atom stereocenters. The van der Waals surface area contributed by atoms with Crippen molar-refractivity contribution in [3.05, 3.63) is 12.7 Å². The second-order valence-electron chi connectivity index (χ2n) is 12.9. The van der Waals surface area contributed by atoms with Crippen molar-refractivity contribution in [2.75, 3.05) is 0 Å². The van der Waals surface area contributed by atoms with Crippen molar-refractivity contribution in [1.82, 2.24) is 0 Å². The van der Waals surface area contributed by atoms with Crippen LogP contribution in [0.2, 0.25) is 0 Å². The molecule has 0 saturated heterocycles. The Balaban J connectivity index is 3.25. The third-order valence-electron chi connectivity index (χ3n) is 8.80. The summed E-state index contributed by atoms with van der Waals surface area (Å²) in [7, 11) is 0. The second-order valence-corrected chi connectivity index (χ2v) is 12.9. The van der Waals surface area contributed by atoms with E-state index < -0.39 is 0 Å². The number of rotatable bonds is 32. The van der Waals surface area contributed by atoms with E-state index in [4.69, 9.17) is 0 Å². The Hall–Kier alpha value is -0.260. The van der Waals surface area contributed by atoms with Crippen molar-refractivity contribution in [3.63, 3.8) is 0 Å². The van der Waals surface area contributed by atoms with Gasteiger partial charge in [-0.25, -0.2) is 0 Å². The predicted molar refractivity (Wildman–Crippen MR) is 173 cm³/mol. The molecule has 0 N–H and O–H groups in total. The van der Waals surface area contributed by atoms with Crippen molar-refractivity contribution < 1.29 is 0 Å². The lowest BCUT2D eigenvalue weighted by Crippen LogP contribution is -1.99. The van der Waals surface area contributed by atoms with Crippen molar-refractivity contribution in [3.8, 4) is 0 Å². The smallest absolute Gasteiger partial charge is 0.0353 e. The van der Waals surface area contributed by atoms with Gasteiger partial charge in [0.05, 0.1) is 0 Å². The van der Waals surface area contributed by atoms with Gasteiger partial charge in [-0.1, -0.05) is 207 Å². The maximum Gasteiger partial charge on any atom is -0.0353 e. The molecule has 0 rings (SSSR count).